The van der Waals surface area contributed by atoms with Crippen molar-refractivity contribution in [1.29, 1.82) is 0 Å². The summed E-state index contributed by atoms with van der Waals surface area (Å²) in [6.45, 7) is 14.6. The van der Waals surface area contributed by atoms with E-state index in [0.29, 0.717) is 23.2 Å². The smallest absolute Gasteiger partial charge is 0.408 e. The van der Waals surface area contributed by atoms with E-state index in [1.54, 1.807) is 45.9 Å². The highest BCUT2D eigenvalue weighted by Gasteiger charge is 2.36. The number of hydrogen-bond donors (Lipinski definition) is 3. The molecule has 8 nitrogen and oxygen atoms in total. The monoisotopic (exact) mass is 511 g/mol. The van der Waals surface area contributed by atoms with Gasteiger partial charge in [-0.25, -0.2) is 4.79 Å². The van der Waals surface area contributed by atoms with Crippen molar-refractivity contribution in [3.63, 3.8) is 0 Å². The van der Waals surface area contributed by atoms with Crippen LogP contribution >= 0.6 is 0 Å². The van der Waals surface area contributed by atoms with Gasteiger partial charge in [-0.2, -0.15) is 0 Å². The second-order valence-electron chi connectivity index (χ2n) is 10.9. The number of amides is 3. The molecule has 0 saturated carbocycles. The van der Waals surface area contributed by atoms with Gasteiger partial charge in [-0.1, -0.05) is 50.2 Å². The summed E-state index contributed by atoms with van der Waals surface area (Å²) in [5.41, 5.74) is 2.53. The number of aryl methyl sites for hydroxylation is 3. The van der Waals surface area contributed by atoms with Gasteiger partial charge < -0.3 is 25.4 Å². The van der Waals surface area contributed by atoms with Gasteiger partial charge in [0.2, 0.25) is 5.91 Å². The molecule has 2 aromatic carbocycles. The molecule has 8 heteroatoms. The van der Waals surface area contributed by atoms with Crippen molar-refractivity contribution < 1.29 is 24.2 Å². The third-order valence-electron chi connectivity index (χ3n) is 5.97. The Morgan fingerprint density at radius 1 is 0.973 bits per heavy atom. The molecule has 2 unspecified atom stereocenters. The van der Waals surface area contributed by atoms with E-state index >= 15 is 0 Å². The van der Waals surface area contributed by atoms with Crippen LogP contribution in [0.25, 0.3) is 0 Å². The van der Waals surface area contributed by atoms with Crippen molar-refractivity contribution in [3.8, 4) is 5.75 Å². The summed E-state index contributed by atoms with van der Waals surface area (Å²) in [7, 11) is 1.50. The van der Waals surface area contributed by atoms with E-state index < -0.39 is 35.6 Å². The largest absolute Gasteiger partial charge is 0.507 e. The van der Waals surface area contributed by atoms with E-state index in [4.69, 9.17) is 4.74 Å². The van der Waals surface area contributed by atoms with Crippen LogP contribution in [0.5, 0.6) is 5.75 Å². The molecule has 2 atom stereocenters. The molecule has 0 saturated heterocycles. The van der Waals surface area contributed by atoms with E-state index in [1.165, 1.54) is 11.9 Å². The van der Waals surface area contributed by atoms with Crippen molar-refractivity contribution >= 4 is 23.6 Å². The second-order valence-corrected chi connectivity index (χ2v) is 10.9. The summed E-state index contributed by atoms with van der Waals surface area (Å²) in [5.74, 6) is -0.937. The lowest BCUT2D eigenvalue weighted by atomic mass is 9.97. The minimum Gasteiger partial charge on any atom is -0.507 e. The van der Waals surface area contributed by atoms with Gasteiger partial charge in [0.1, 0.15) is 23.4 Å². The van der Waals surface area contributed by atoms with E-state index in [9.17, 15) is 19.5 Å². The molecule has 0 bridgehead atoms. The minimum absolute atomic E-state index is 0.0654. The number of ether oxygens (including phenoxy) is 1. The maximum Gasteiger partial charge on any atom is 0.408 e. The lowest BCUT2D eigenvalue weighted by Gasteiger charge is -2.32. The second kappa shape index (κ2) is 12.1. The van der Waals surface area contributed by atoms with Crippen molar-refractivity contribution in [2.45, 2.75) is 79.5 Å². The first-order valence-electron chi connectivity index (χ1n) is 12.5. The predicted octanol–water partition coefficient (Wildman–Crippen LogP) is 5.40. The summed E-state index contributed by atoms with van der Waals surface area (Å²) in [4.78, 5) is 41.4. The first-order valence-corrected chi connectivity index (χ1v) is 12.5. The number of aromatic hydroxyl groups is 1. The number of phenols is 1. The minimum atomic E-state index is -1.15. The molecule has 2 aromatic rings. The van der Waals surface area contributed by atoms with E-state index in [-0.39, 0.29) is 11.7 Å². The van der Waals surface area contributed by atoms with Crippen LogP contribution in [0.3, 0.4) is 0 Å². The fourth-order valence-electron chi connectivity index (χ4n) is 4.15. The number of alkyl carbamates (subject to hydrolysis) is 1. The van der Waals surface area contributed by atoms with Crippen molar-refractivity contribution in [2.75, 3.05) is 12.4 Å². The first kappa shape index (κ1) is 29.7. The number of phenolic OH excluding ortho intramolecular Hbond substituents is 1. The maximum absolute atomic E-state index is 13.8. The van der Waals surface area contributed by atoms with Gasteiger partial charge >= 0.3 is 6.09 Å². The van der Waals surface area contributed by atoms with Gasteiger partial charge in [0, 0.05) is 18.3 Å². The van der Waals surface area contributed by atoms with E-state index in [0.717, 1.165) is 11.1 Å². The average molecular weight is 512 g/mol. The summed E-state index contributed by atoms with van der Waals surface area (Å²) >= 11 is 0. The Hall–Kier alpha value is -3.55. The van der Waals surface area contributed by atoms with Crippen LogP contribution in [0.4, 0.5) is 10.5 Å². The SMILES string of the molecule is Cc1cccc(C(C(=O)Nc2c(C)cccc2C)N(C)C(=O)C(CC(C)C)NC(=O)OC(C)(C)C)c1O. The number of carbonyl (C=O) groups excluding carboxylic acids is 3. The molecule has 0 radical (unpaired) electrons. The molecule has 0 aliphatic heterocycles. The van der Waals surface area contributed by atoms with Crippen LogP contribution in [0.1, 0.15) is 69.3 Å². The Morgan fingerprint density at radius 3 is 2.05 bits per heavy atom. The zero-order valence-corrected chi connectivity index (χ0v) is 23.4. The fourth-order valence-corrected chi connectivity index (χ4v) is 4.15. The zero-order valence-electron chi connectivity index (χ0n) is 23.4. The Morgan fingerprint density at radius 2 is 1.51 bits per heavy atom. The topological polar surface area (TPSA) is 108 Å². The number of nitrogens with zero attached hydrogens (tertiary/aromatic N) is 1. The fraction of sp³-hybridized carbons (Fsp3) is 0.483. The summed E-state index contributed by atoms with van der Waals surface area (Å²) in [6.07, 6.45) is -0.372. The molecule has 0 aliphatic carbocycles. The molecule has 0 heterocycles. The van der Waals surface area contributed by atoms with Gasteiger partial charge in [-0.15, -0.1) is 0 Å². The summed E-state index contributed by atoms with van der Waals surface area (Å²) in [5, 5.41) is 16.5. The highest BCUT2D eigenvalue weighted by Crippen LogP contribution is 2.33. The van der Waals surface area contributed by atoms with Crippen molar-refractivity contribution in [1.82, 2.24) is 10.2 Å². The van der Waals surface area contributed by atoms with E-state index in [2.05, 4.69) is 10.6 Å². The molecule has 2 rings (SSSR count). The lowest BCUT2D eigenvalue weighted by molar-refractivity contribution is -0.139. The number of anilines is 1. The molecule has 0 aromatic heterocycles. The van der Waals surface area contributed by atoms with Crippen molar-refractivity contribution in [2.24, 2.45) is 5.92 Å². The number of benzene rings is 2. The number of hydrogen-bond acceptors (Lipinski definition) is 5. The molecular weight excluding hydrogens is 470 g/mol. The van der Waals surface area contributed by atoms with E-state index in [1.807, 2.05) is 45.9 Å². The van der Waals surface area contributed by atoms with Crippen LogP contribution in [0, 0.1) is 26.7 Å². The highest BCUT2D eigenvalue weighted by atomic mass is 16.6. The number of likely N-dealkylation sites (N-methyl/N-ethyl adjacent to an activating group) is 1. The lowest BCUT2D eigenvalue weighted by Crippen LogP contribution is -2.51. The quantitative estimate of drug-likeness (QED) is 0.440. The van der Waals surface area contributed by atoms with Crippen LogP contribution in [0.15, 0.2) is 36.4 Å². The van der Waals surface area contributed by atoms with Crippen LogP contribution < -0.4 is 10.6 Å². The number of rotatable bonds is 8. The zero-order chi connectivity index (χ0) is 28.1. The summed E-state index contributed by atoms with van der Waals surface area (Å²) < 4.78 is 5.37. The van der Waals surface area contributed by atoms with Gasteiger partial charge in [0.05, 0.1) is 0 Å². The molecule has 3 amide bonds. The molecule has 0 spiro atoms. The normalized spacial score (nSPS) is 13.0. The van der Waals surface area contributed by atoms with Gasteiger partial charge in [0.25, 0.3) is 5.91 Å². The van der Waals surface area contributed by atoms with Gasteiger partial charge in [-0.05, 0) is 70.6 Å². The Labute approximate surface area is 220 Å². The highest BCUT2D eigenvalue weighted by molar-refractivity contribution is 6.00. The van der Waals surface area contributed by atoms with Gasteiger partial charge in [-0.3, -0.25) is 9.59 Å². The van der Waals surface area contributed by atoms with Crippen molar-refractivity contribution in [3.05, 3.63) is 58.7 Å². The molecule has 0 aliphatic rings. The third-order valence-corrected chi connectivity index (χ3v) is 5.97. The maximum atomic E-state index is 13.8. The summed E-state index contributed by atoms with van der Waals surface area (Å²) in [6, 6.07) is 8.68. The molecule has 0 fully saturated rings. The third kappa shape index (κ3) is 7.97. The molecule has 202 valence electrons. The Kier molecular flexibility index (Phi) is 9.73. The van der Waals surface area contributed by atoms with Gasteiger partial charge in [0.15, 0.2) is 0 Å². The van der Waals surface area contributed by atoms with Crippen LogP contribution in [-0.4, -0.2) is 46.6 Å². The van der Waals surface area contributed by atoms with Crippen LogP contribution in [0.2, 0.25) is 0 Å². The standard InChI is InChI=1S/C29H41N3O5/c1-17(2)16-22(30-28(36)37-29(6,7)8)27(35)32(9)24(21-15-11-14-20(5)25(21)33)26(34)31-23-18(3)12-10-13-19(23)4/h10-15,17,22,24,33H,16H2,1-9H3,(H,30,36)(H,31,34). The predicted molar refractivity (Wildman–Crippen MR) is 146 cm³/mol. The Bertz CT molecular complexity index is 1120. The average Bonchev–Trinajstić information content (AvgIpc) is 2.76. The first-order chi connectivity index (χ1) is 17.1. The number of nitrogens with one attached hydrogen (secondary N) is 2. The molecule has 3 N–H and O–H groups in total. The Balaban J connectivity index is 2.49. The van der Waals surface area contributed by atoms with Crippen LogP contribution in [-0.2, 0) is 14.3 Å². The molecular formula is C29H41N3O5. The molecule has 37 heavy (non-hydrogen) atoms. The number of para-hydroxylation sites is 2. The number of carbonyl (C=O) groups is 3.